The number of halogens is 1. The third-order valence-corrected chi connectivity index (χ3v) is 3.45. The Labute approximate surface area is 122 Å². The van der Waals surface area contributed by atoms with Crippen LogP contribution in [-0.2, 0) is 0 Å². The zero-order chi connectivity index (χ0) is 13.9. The number of carbonyl (C=O) groups is 1. The highest BCUT2D eigenvalue weighted by atomic mass is 35.5. The van der Waals surface area contributed by atoms with Crippen molar-refractivity contribution < 1.29 is 9.21 Å². The number of aromatic nitrogens is 3. The predicted molar refractivity (Wildman–Crippen MR) is 74.8 cm³/mol. The number of carbonyl (C=O) groups excluding carboxylic acids is 1. The average molecular weight is 307 g/mol. The lowest BCUT2D eigenvalue weighted by Crippen LogP contribution is -2.11. The summed E-state index contributed by atoms with van der Waals surface area (Å²) in [5, 5.41) is 10.2. The largest absolute Gasteiger partial charge is 0.444 e. The number of nitrogens with zero attached hydrogens (tertiary/aromatic N) is 3. The fourth-order valence-electron chi connectivity index (χ4n) is 1.59. The SMILES string of the molecule is O=C(Nc1cccc(-c2cnco2)c1)c1nnc(Cl)s1. The first-order chi connectivity index (χ1) is 9.72. The highest BCUT2D eigenvalue weighted by molar-refractivity contribution is 7.17. The minimum atomic E-state index is -0.357. The van der Waals surface area contributed by atoms with E-state index >= 15 is 0 Å². The van der Waals surface area contributed by atoms with Crippen molar-refractivity contribution in [3.8, 4) is 11.3 Å². The fraction of sp³-hybridized carbons (Fsp3) is 0. The maximum Gasteiger partial charge on any atom is 0.286 e. The number of hydrogen-bond acceptors (Lipinski definition) is 6. The molecule has 20 heavy (non-hydrogen) atoms. The Morgan fingerprint density at radius 1 is 1.35 bits per heavy atom. The van der Waals surface area contributed by atoms with Crippen LogP contribution in [0, 0.1) is 0 Å². The molecule has 100 valence electrons. The standard InChI is InChI=1S/C12H7ClN4O2S/c13-12-17-16-11(20-12)10(18)15-8-3-1-2-7(4-8)9-5-14-6-19-9/h1-6H,(H,15,18). The Kier molecular flexibility index (Phi) is 3.44. The van der Waals surface area contributed by atoms with Gasteiger partial charge in [0.1, 0.15) is 0 Å². The molecule has 1 aromatic carbocycles. The first-order valence-corrected chi connectivity index (χ1v) is 6.71. The number of hydrogen-bond donors (Lipinski definition) is 1. The van der Waals surface area contributed by atoms with Crippen molar-refractivity contribution in [2.45, 2.75) is 0 Å². The Balaban J connectivity index is 1.81. The summed E-state index contributed by atoms with van der Waals surface area (Å²) in [6, 6.07) is 7.21. The summed E-state index contributed by atoms with van der Waals surface area (Å²) in [6.07, 6.45) is 2.95. The van der Waals surface area contributed by atoms with Crippen LogP contribution in [0.1, 0.15) is 9.80 Å². The van der Waals surface area contributed by atoms with Crippen LogP contribution in [0.15, 0.2) is 41.3 Å². The molecule has 1 N–H and O–H groups in total. The summed E-state index contributed by atoms with van der Waals surface area (Å²) in [6.45, 7) is 0. The number of rotatable bonds is 3. The molecule has 0 fully saturated rings. The van der Waals surface area contributed by atoms with Gasteiger partial charge in [-0.3, -0.25) is 4.79 Å². The van der Waals surface area contributed by atoms with Crippen LogP contribution in [0.25, 0.3) is 11.3 Å². The molecular formula is C12H7ClN4O2S. The lowest BCUT2D eigenvalue weighted by atomic mass is 10.1. The van der Waals surface area contributed by atoms with Crippen molar-refractivity contribution in [1.82, 2.24) is 15.2 Å². The van der Waals surface area contributed by atoms with Gasteiger partial charge >= 0.3 is 0 Å². The van der Waals surface area contributed by atoms with Gasteiger partial charge in [0.05, 0.1) is 6.20 Å². The van der Waals surface area contributed by atoms with Gasteiger partial charge in [0.25, 0.3) is 5.91 Å². The van der Waals surface area contributed by atoms with Crippen LogP contribution >= 0.6 is 22.9 Å². The van der Waals surface area contributed by atoms with Crippen LogP contribution in [0.5, 0.6) is 0 Å². The molecule has 3 rings (SSSR count). The Morgan fingerprint density at radius 2 is 2.25 bits per heavy atom. The molecule has 2 aromatic heterocycles. The molecule has 0 aliphatic heterocycles. The van der Waals surface area contributed by atoms with Gasteiger partial charge in [-0.1, -0.05) is 23.5 Å². The smallest absolute Gasteiger partial charge is 0.286 e. The molecule has 0 bridgehead atoms. The minimum absolute atomic E-state index is 0.208. The molecule has 0 unspecified atom stereocenters. The van der Waals surface area contributed by atoms with Gasteiger partial charge in [0, 0.05) is 11.3 Å². The summed E-state index contributed by atoms with van der Waals surface area (Å²) in [5.74, 6) is 0.268. The van der Waals surface area contributed by atoms with Crippen LogP contribution in [0.3, 0.4) is 0 Å². The zero-order valence-electron chi connectivity index (χ0n) is 9.91. The van der Waals surface area contributed by atoms with E-state index in [0.29, 0.717) is 11.4 Å². The molecule has 0 saturated heterocycles. The fourth-order valence-corrected chi connectivity index (χ4v) is 2.31. The van der Waals surface area contributed by atoms with E-state index in [4.69, 9.17) is 16.0 Å². The minimum Gasteiger partial charge on any atom is -0.444 e. The predicted octanol–water partition coefficient (Wildman–Crippen LogP) is 3.10. The average Bonchev–Trinajstić information content (AvgIpc) is 3.10. The first-order valence-electron chi connectivity index (χ1n) is 5.51. The van der Waals surface area contributed by atoms with E-state index in [2.05, 4.69) is 20.5 Å². The van der Waals surface area contributed by atoms with E-state index in [1.165, 1.54) is 6.39 Å². The van der Waals surface area contributed by atoms with Gasteiger partial charge in [0.2, 0.25) is 9.47 Å². The van der Waals surface area contributed by atoms with Crippen LogP contribution in [0.4, 0.5) is 5.69 Å². The number of amides is 1. The lowest BCUT2D eigenvalue weighted by molar-refractivity contribution is 0.102. The number of oxazole rings is 1. The van der Waals surface area contributed by atoms with Gasteiger partial charge in [-0.2, -0.15) is 0 Å². The van der Waals surface area contributed by atoms with Gasteiger partial charge in [-0.05, 0) is 23.7 Å². The van der Waals surface area contributed by atoms with Gasteiger partial charge in [-0.15, -0.1) is 10.2 Å². The van der Waals surface area contributed by atoms with Crippen molar-refractivity contribution in [2.24, 2.45) is 0 Å². The molecule has 0 aliphatic rings. The summed E-state index contributed by atoms with van der Waals surface area (Å²) in [4.78, 5) is 15.8. The molecule has 3 aromatic rings. The monoisotopic (exact) mass is 306 g/mol. The molecule has 2 heterocycles. The van der Waals surface area contributed by atoms with E-state index in [9.17, 15) is 4.79 Å². The summed E-state index contributed by atoms with van der Waals surface area (Å²) in [7, 11) is 0. The number of nitrogens with one attached hydrogen (secondary N) is 1. The Hall–Kier alpha value is -2.25. The van der Waals surface area contributed by atoms with Crippen molar-refractivity contribution >= 4 is 34.5 Å². The third kappa shape index (κ3) is 2.68. The normalized spacial score (nSPS) is 10.4. The first kappa shape index (κ1) is 12.8. The highest BCUT2D eigenvalue weighted by Gasteiger charge is 2.12. The zero-order valence-corrected chi connectivity index (χ0v) is 11.5. The molecule has 0 spiro atoms. The number of benzene rings is 1. The molecule has 0 radical (unpaired) electrons. The topological polar surface area (TPSA) is 80.9 Å². The highest BCUT2D eigenvalue weighted by Crippen LogP contribution is 2.23. The molecule has 0 atom stereocenters. The van der Waals surface area contributed by atoms with E-state index in [1.807, 2.05) is 6.07 Å². The quantitative estimate of drug-likeness (QED) is 0.804. The van der Waals surface area contributed by atoms with Crippen molar-refractivity contribution in [1.29, 1.82) is 0 Å². The van der Waals surface area contributed by atoms with E-state index < -0.39 is 0 Å². The summed E-state index contributed by atoms with van der Waals surface area (Å²) < 4.78 is 5.43. The van der Waals surface area contributed by atoms with Gasteiger partial charge < -0.3 is 9.73 Å². The van der Waals surface area contributed by atoms with Crippen LogP contribution in [-0.4, -0.2) is 21.1 Å². The molecular weight excluding hydrogens is 300 g/mol. The summed E-state index contributed by atoms with van der Waals surface area (Å²) >= 11 is 6.67. The van der Waals surface area contributed by atoms with Gasteiger partial charge in [-0.25, -0.2) is 4.98 Å². The van der Waals surface area contributed by atoms with Crippen LogP contribution in [0.2, 0.25) is 4.47 Å². The Bertz CT molecular complexity index is 742. The molecule has 1 amide bonds. The van der Waals surface area contributed by atoms with Crippen molar-refractivity contribution in [3.63, 3.8) is 0 Å². The summed E-state index contributed by atoms with van der Waals surface area (Å²) in [5.41, 5.74) is 1.44. The van der Waals surface area contributed by atoms with Crippen molar-refractivity contribution in [3.05, 3.63) is 46.3 Å². The maximum absolute atomic E-state index is 11.9. The molecule has 6 nitrogen and oxygen atoms in total. The second kappa shape index (κ2) is 5.40. The Morgan fingerprint density at radius 3 is 2.95 bits per heavy atom. The molecule has 0 saturated carbocycles. The second-order valence-electron chi connectivity index (χ2n) is 3.76. The lowest BCUT2D eigenvalue weighted by Gasteiger charge is -2.04. The van der Waals surface area contributed by atoms with E-state index in [0.717, 1.165) is 16.9 Å². The van der Waals surface area contributed by atoms with Gasteiger partial charge in [0.15, 0.2) is 12.2 Å². The molecule has 0 aliphatic carbocycles. The number of anilines is 1. The van der Waals surface area contributed by atoms with Crippen molar-refractivity contribution in [2.75, 3.05) is 5.32 Å². The van der Waals surface area contributed by atoms with Crippen LogP contribution < -0.4 is 5.32 Å². The van der Waals surface area contributed by atoms with E-state index in [1.54, 1.807) is 24.4 Å². The van der Waals surface area contributed by atoms with E-state index in [-0.39, 0.29) is 15.4 Å². The second-order valence-corrected chi connectivity index (χ2v) is 5.32. The maximum atomic E-state index is 11.9. The molecule has 8 heteroatoms. The third-order valence-electron chi connectivity index (χ3n) is 2.43.